The Morgan fingerprint density at radius 2 is 1.76 bits per heavy atom. The first-order valence-electron chi connectivity index (χ1n) is 11.1. The largest absolute Gasteiger partial charge is 0.389 e. The molecule has 0 aromatic heterocycles. The molecule has 0 amide bonds. The Bertz CT molecular complexity index is 516. The zero-order chi connectivity index (χ0) is 18.0. The summed E-state index contributed by atoms with van der Waals surface area (Å²) in [6, 6.07) is 0. The summed E-state index contributed by atoms with van der Waals surface area (Å²) in [4.78, 5) is 0. The summed E-state index contributed by atoms with van der Waals surface area (Å²) in [5.41, 5.74) is 0.0113. The zero-order valence-corrected chi connectivity index (χ0v) is 17.2. The number of fused-ring (bicyclic) bond motifs is 5. The van der Waals surface area contributed by atoms with Gasteiger partial charge in [-0.15, -0.1) is 0 Å². The molecule has 2 nitrogen and oxygen atoms in total. The van der Waals surface area contributed by atoms with Crippen LogP contribution in [0.4, 0.5) is 0 Å². The third kappa shape index (κ3) is 2.42. The van der Waals surface area contributed by atoms with Gasteiger partial charge in [0.15, 0.2) is 0 Å². The molecule has 4 saturated carbocycles. The minimum Gasteiger partial charge on any atom is -0.389 e. The van der Waals surface area contributed by atoms with Crippen molar-refractivity contribution in [1.82, 2.24) is 0 Å². The fourth-order valence-corrected chi connectivity index (χ4v) is 7.94. The van der Waals surface area contributed by atoms with E-state index in [1.54, 1.807) is 0 Å². The van der Waals surface area contributed by atoms with E-state index in [1.165, 1.54) is 51.4 Å². The number of rotatable bonds is 2. The van der Waals surface area contributed by atoms with Crippen molar-refractivity contribution in [2.24, 2.45) is 34.5 Å². The standard InChI is InChI=1S/C23H40O2/c1-15(2)25-19-14-17-8-6-7-11-22(17,5)23(24)13-12-21(4)16(3)9-10-18(21)20(19)23/h15-20,24H,6-14H2,1-5H3/t16-,17?,18?,19-,20?,21+,22?,23+/m0/s1. The first-order chi connectivity index (χ1) is 11.7. The van der Waals surface area contributed by atoms with E-state index in [2.05, 4.69) is 34.6 Å². The van der Waals surface area contributed by atoms with Crippen LogP contribution in [0.5, 0.6) is 0 Å². The van der Waals surface area contributed by atoms with E-state index in [0.29, 0.717) is 23.2 Å². The molecule has 4 rings (SSSR count). The van der Waals surface area contributed by atoms with Crippen molar-refractivity contribution >= 4 is 0 Å². The lowest BCUT2D eigenvalue weighted by Crippen LogP contribution is -2.69. The maximum atomic E-state index is 12.3. The van der Waals surface area contributed by atoms with Crippen LogP contribution in [0, 0.1) is 34.5 Å². The van der Waals surface area contributed by atoms with E-state index in [-0.39, 0.29) is 17.6 Å². The summed E-state index contributed by atoms with van der Waals surface area (Å²) in [6.07, 6.45) is 11.7. The average molecular weight is 349 g/mol. The lowest BCUT2D eigenvalue weighted by atomic mass is 9.42. The fraction of sp³-hybridized carbons (Fsp3) is 1.00. The van der Waals surface area contributed by atoms with Gasteiger partial charge in [-0.05, 0) is 87.4 Å². The predicted octanol–water partition coefficient (Wildman–Crippen LogP) is 5.57. The maximum absolute atomic E-state index is 12.3. The molecule has 25 heavy (non-hydrogen) atoms. The molecule has 0 aromatic rings. The van der Waals surface area contributed by atoms with Crippen molar-refractivity contribution < 1.29 is 9.84 Å². The van der Waals surface area contributed by atoms with Gasteiger partial charge in [-0.25, -0.2) is 0 Å². The number of hydrogen-bond acceptors (Lipinski definition) is 2. The SMILES string of the molecule is CC(C)O[C@H]1CC2CCCCC2(C)[C@@]2(O)CC[C@@]3(C)C(CC[C@@H]3C)C12. The monoisotopic (exact) mass is 348 g/mol. The Hall–Kier alpha value is -0.0800. The molecule has 1 N–H and O–H groups in total. The lowest BCUT2D eigenvalue weighted by Gasteiger charge is -2.66. The molecule has 4 unspecified atom stereocenters. The van der Waals surface area contributed by atoms with Gasteiger partial charge in [-0.1, -0.05) is 33.6 Å². The highest BCUT2D eigenvalue weighted by Crippen LogP contribution is 2.69. The number of ether oxygens (including phenoxy) is 1. The van der Waals surface area contributed by atoms with Gasteiger partial charge in [0.05, 0.1) is 17.8 Å². The first-order valence-corrected chi connectivity index (χ1v) is 11.1. The number of aliphatic hydroxyl groups is 1. The summed E-state index contributed by atoms with van der Waals surface area (Å²) in [6.45, 7) is 11.8. The predicted molar refractivity (Wildman–Crippen MR) is 102 cm³/mol. The van der Waals surface area contributed by atoms with E-state index in [9.17, 15) is 5.11 Å². The molecule has 0 saturated heterocycles. The second-order valence-electron chi connectivity index (χ2n) is 10.9. The van der Waals surface area contributed by atoms with Crippen molar-refractivity contribution in [3.8, 4) is 0 Å². The molecule has 0 aliphatic heterocycles. The molecular formula is C23H40O2. The molecule has 0 spiro atoms. The van der Waals surface area contributed by atoms with Crippen LogP contribution in [0.1, 0.15) is 92.4 Å². The molecule has 8 atom stereocenters. The highest BCUT2D eigenvalue weighted by molar-refractivity contribution is 5.18. The Balaban J connectivity index is 1.76. The summed E-state index contributed by atoms with van der Waals surface area (Å²) < 4.78 is 6.55. The number of hydrogen-bond donors (Lipinski definition) is 1. The summed E-state index contributed by atoms with van der Waals surface area (Å²) in [7, 11) is 0. The molecule has 2 heteroatoms. The van der Waals surface area contributed by atoms with Crippen molar-refractivity contribution in [2.75, 3.05) is 0 Å². The Morgan fingerprint density at radius 3 is 2.48 bits per heavy atom. The molecule has 0 radical (unpaired) electrons. The van der Waals surface area contributed by atoms with Gasteiger partial charge < -0.3 is 9.84 Å². The highest BCUT2D eigenvalue weighted by atomic mass is 16.5. The molecule has 0 bridgehead atoms. The third-order valence-corrected chi connectivity index (χ3v) is 9.67. The molecule has 144 valence electrons. The van der Waals surface area contributed by atoms with Crippen LogP contribution in [0.3, 0.4) is 0 Å². The van der Waals surface area contributed by atoms with Crippen LogP contribution in [0.25, 0.3) is 0 Å². The van der Waals surface area contributed by atoms with Gasteiger partial charge in [0.25, 0.3) is 0 Å². The Labute approximate surface area is 155 Å². The molecular weight excluding hydrogens is 308 g/mol. The van der Waals surface area contributed by atoms with Gasteiger partial charge in [-0.2, -0.15) is 0 Å². The molecule has 4 aliphatic rings. The molecule has 0 aromatic carbocycles. The topological polar surface area (TPSA) is 29.5 Å². The Morgan fingerprint density at radius 1 is 1.00 bits per heavy atom. The fourth-order valence-electron chi connectivity index (χ4n) is 7.94. The maximum Gasteiger partial charge on any atom is 0.0759 e. The molecule has 0 heterocycles. The second kappa shape index (κ2) is 5.96. The lowest BCUT2D eigenvalue weighted by molar-refractivity contribution is -0.275. The van der Waals surface area contributed by atoms with Crippen LogP contribution in [0.15, 0.2) is 0 Å². The van der Waals surface area contributed by atoms with E-state index in [4.69, 9.17) is 4.74 Å². The second-order valence-corrected chi connectivity index (χ2v) is 10.9. The van der Waals surface area contributed by atoms with Crippen LogP contribution in [0.2, 0.25) is 0 Å². The highest BCUT2D eigenvalue weighted by Gasteiger charge is 2.68. The van der Waals surface area contributed by atoms with Crippen molar-refractivity contribution in [3.05, 3.63) is 0 Å². The molecule has 4 fully saturated rings. The summed E-state index contributed by atoms with van der Waals surface area (Å²) in [5, 5.41) is 12.3. The van der Waals surface area contributed by atoms with Crippen LogP contribution in [-0.2, 0) is 4.74 Å². The summed E-state index contributed by atoms with van der Waals surface area (Å²) in [5.74, 6) is 2.43. The van der Waals surface area contributed by atoms with Gasteiger partial charge in [-0.3, -0.25) is 0 Å². The van der Waals surface area contributed by atoms with Crippen LogP contribution in [-0.4, -0.2) is 22.9 Å². The summed E-state index contributed by atoms with van der Waals surface area (Å²) >= 11 is 0. The van der Waals surface area contributed by atoms with Crippen LogP contribution < -0.4 is 0 Å². The van der Waals surface area contributed by atoms with E-state index in [1.807, 2.05) is 0 Å². The van der Waals surface area contributed by atoms with Crippen molar-refractivity contribution in [1.29, 1.82) is 0 Å². The van der Waals surface area contributed by atoms with E-state index < -0.39 is 5.60 Å². The third-order valence-electron chi connectivity index (χ3n) is 9.67. The van der Waals surface area contributed by atoms with Gasteiger partial charge in [0.2, 0.25) is 0 Å². The average Bonchev–Trinajstić information content (AvgIpc) is 2.84. The smallest absolute Gasteiger partial charge is 0.0759 e. The van der Waals surface area contributed by atoms with Crippen LogP contribution >= 0.6 is 0 Å². The quantitative estimate of drug-likeness (QED) is 0.706. The van der Waals surface area contributed by atoms with E-state index >= 15 is 0 Å². The zero-order valence-electron chi connectivity index (χ0n) is 17.2. The Kier molecular flexibility index (Phi) is 4.36. The minimum absolute atomic E-state index is 0.111. The van der Waals surface area contributed by atoms with Gasteiger partial charge in [0.1, 0.15) is 0 Å². The minimum atomic E-state index is -0.510. The normalized spacial score (nSPS) is 55.6. The van der Waals surface area contributed by atoms with Gasteiger partial charge >= 0.3 is 0 Å². The van der Waals surface area contributed by atoms with Gasteiger partial charge in [0, 0.05) is 5.92 Å². The van der Waals surface area contributed by atoms with Crippen molar-refractivity contribution in [3.63, 3.8) is 0 Å². The molecule has 4 aliphatic carbocycles. The van der Waals surface area contributed by atoms with E-state index in [0.717, 1.165) is 12.3 Å². The van der Waals surface area contributed by atoms with Crippen molar-refractivity contribution in [2.45, 2.75) is 110 Å². The first kappa shape index (κ1) is 18.3.